The zero-order chi connectivity index (χ0) is 9.84. The molecular formula is C5H2ClN5O2. The molecule has 1 rings (SSSR count). The molecule has 0 N–H and O–H groups in total. The molecule has 0 aliphatic carbocycles. The number of halogens is 1. The average Bonchev–Trinajstić information content (AvgIpc) is 2.04. The van der Waals surface area contributed by atoms with Crippen LogP contribution < -0.4 is 0 Å². The van der Waals surface area contributed by atoms with Gasteiger partial charge in [0.25, 0.3) is 0 Å². The van der Waals surface area contributed by atoms with Gasteiger partial charge in [-0.3, -0.25) is 10.1 Å². The Morgan fingerprint density at radius 3 is 3.00 bits per heavy atom. The van der Waals surface area contributed by atoms with Gasteiger partial charge in [-0.05, 0) is 11.6 Å². The molecule has 0 unspecified atom stereocenters. The first-order chi connectivity index (χ1) is 6.16. The highest BCUT2D eigenvalue weighted by atomic mass is 35.5. The minimum Gasteiger partial charge on any atom is -0.258 e. The molecule has 1 aromatic rings. The van der Waals surface area contributed by atoms with Crippen molar-refractivity contribution < 1.29 is 4.92 Å². The highest BCUT2D eigenvalue weighted by Crippen LogP contribution is 2.32. The van der Waals surface area contributed by atoms with Gasteiger partial charge in [0.05, 0.1) is 4.92 Å². The number of rotatable bonds is 2. The van der Waals surface area contributed by atoms with Crippen LogP contribution in [-0.4, -0.2) is 9.91 Å². The molecule has 0 saturated carbocycles. The van der Waals surface area contributed by atoms with Gasteiger partial charge in [0.15, 0.2) is 0 Å². The Morgan fingerprint density at radius 2 is 2.46 bits per heavy atom. The monoisotopic (exact) mass is 199 g/mol. The van der Waals surface area contributed by atoms with Gasteiger partial charge in [0.2, 0.25) is 5.15 Å². The summed E-state index contributed by atoms with van der Waals surface area (Å²) in [7, 11) is 0. The van der Waals surface area contributed by atoms with Crippen LogP contribution in [0.5, 0.6) is 0 Å². The number of hydrogen-bond acceptors (Lipinski definition) is 4. The molecule has 1 aromatic heterocycles. The summed E-state index contributed by atoms with van der Waals surface area (Å²) < 4.78 is 0. The molecule has 0 fully saturated rings. The molecule has 0 atom stereocenters. The van der Waals surface area contributed by atoms with Crippen molar-refractivity contribution in [2.45, 2.75) is 0 Å². The molecule has 0 radical (unpaired) electrons. The Balaban J connectivity index is 3.42. The predicted molar refractivity (Wildman–Crippen MR) is 44.7 cm³/mol. The van der Waals surface area contributed by atoms with Gasteiger partial charge in [0, 0.05) is 11.1 Å². The standard InChI is InChI=1S/C5H2ClN5O2/c6-5-4(11(12)13)3(9-10-7)1-2-8-5/h1-2H. The third kappa shape index (κ3) is 1.84. The minimum absolute atomic E-state index is 0.146. The zero-order valence-electron chi connectivity index (χ0n) is 6.09. The first-order valence-corrected chi connectivity index (χ1v) is 3.38. The van der Waals surface area contributed by atoms with Crippen LogP contribution in [0.2, 0.25) is 5.15 Å². The molecule has 7 nitrogen and oxygen atoms in total. The molecule has 0 bridgehead atoms. The zero-order valence-corrected chi connectivity index (χ0v) is 6.84. The Bertz CT molecular complexity index is 400. The normalized spacial score (nSPS) is 9.00. The first-order valence-electron chi connectivity index (χ1n) is 3.01. The van der Waals surface area contributed by atoms with E-state index in [2.05, 4.69) is 15.0 Å². The first kappa shape index (κ1) is 9.24. The molecule has 66 valence electrons. The van der Waals surface area contributed by atoms with E-state index in [1.54, 1.807) is 0 Å². The van der Waals surface area contributed by atoms with E-state index in [4.69, 9.17) is 17.1 Å². The van der Waals surface area contributed by atoms with Gasteiger partial charge in [0.1, 0.15) is 5.69 Å². The van der Waals surface area contributed by atoms with Crippen molar-refractivity contribution in [2.75, 3.05) is 0 Å². The van der Waals surface area contributed by atoms with E-state index in [0.717, 1.165) is 0 Å². The molecule has 0 spiro atoms. The van der Waals surface area contributed by atoms with Crippen molar-refractivity contribution in [3.8, 4) is 0 Å². The van der Waals surface area contributed by atoms with Crippen LogP contribution in [0.1, 0.15) is 0 Å². The lowest BCUT2D eigenvalue weighted by atomic mass is 10.4. The minimum atomic E-state index is -0.751. The highest BCUT2D eigenvalue weighted by Gasteiger charge is 2.18. The summed E-state index contributed by atoms with van der Waals surface area (Å²) in [6.07, 6.45) is 1.22. The number of nitro groups is 1. The van der Waals surface area contributed by atoms with Gasteiger partial charge in [-0.2, -0.15) is 0 Å². The van der Waals surface area contributed by atoms with E-state index in [-0.39, 0.29) is 10.8 Å². The van der Waals surface area contributed by atoms with Crippen LogP contribution in [0.4, 0.5) is 11.4 Å². The van der Waals surface area contributed by atoms with E-state index in [1.807, 2.05) is 0 Å². The van der Waals surface area contributed by atoms with Crippen LogP contribution in [0.3, 0.4) is 0 Å². The fourth-order valence-corrected chi connectivity index (χ4v) is 0.939. The molecule has 13 heavy (non-hydrogen) atoms. The van der Waals surface area contributed by atoms with Gasteiger partial charge in [-0.15, -0.1) is 0 Å². The number of hydrogen-bond donors (Lipinski definition) is 0. The Hall–Kier alpha value is -1.85. The van der Waals surface area contributed by atoms with Crippen LogP contribution in [0, 0.1) is 10.1 Å². The molecule has 0 aliphatic heterocycles. The second kappa shape index (κ2) is 3.70. The highest BCUT2D eigenvalue weighted by molar-refractivity contribution is 6.31. The Labute approximate surface area is 76.7 Å². The average molecular weight is 200 g/mol. The molecule has 0 saturated heterocycles. The summed E-state index contributed by atoms with van der Waals surface area (Å²) in [5, 5.41) is 13.2. The lowest BCUT2D eigenvalue weighted by molar-refractivity contribution is -0.384. The second-order valence-corrected chi connectivity index (χ2v) is 2.27. The summed E-state index contributed by atoms with van der Waals surface area (Å²) >= 11 is 5.42. The molecular weight excluding hydrogens is 198 g/mol. The predicted octanol–water partition coefficient (Wildman–Crippen LogP) is 2.59. The maximum atomic E-state index is 10.4. The van der Waals surface area contributed by atoms with E-state index in [1.165, 1.54) is 12.3 Å². The van der Waals surface area contributed by atoms with E-state index in [0.29, 0.717) is 0 Å². The number of pyridine rings is 1. The van der Waals surface area contributed by atoms with Crippen molar-refractivity contribution in [1.29, 1.82) is 0 Å². The number of nitrogens with zero attached hydrogens (tertiary/aromatic N) is 5. The van der Waals surface area contributed by atoms with Crippen LogP contribution in [0.15, 0.2) is 17.4 Å². The summed E-state index contributed by atoms with van der Waals surface area (Å²) in [5.41, 5.74) is 7.46. The Kier molecular flexibility index (Phi) is 2.63. The lowest BCUT2D eigenvalue weighted by Crippen LogP contribution is -1.90. The number of aromatic nitrogens is 1. The van der Waals surface area contributed by atoms with Crippen molar-refractivity contribution in [3.63, 3.8) is 0 Å². The van der Waals surface area contributed by atoms with Crippen molar-refractivity contribution in [1.82, 2.24) is 4.98 Å². The smallest absolute Gasteiger partial charge is 0.258 e. The van der Waals surface area contributed by atoms with Gasteiger partial charge >= 0.3 is 5.69 Å². The number of azide groups is 1. The Morgan fingerprint density at radius 1 is 1.77 bits per heavy atom. The van der Waals surface area contributed by atoms with Gasteiger partial charge < -0.3 is 0 Å². The summed E-state index contributed by atoms with van der Waals surface area (Å²) in [6, 6.07) is 1.21. The quantitative estimate of drug-likeness (QED) is 0.182. The molecule has 0 amide bonds. The van der Waals surface area contributed by atoms with E-state index >= 15 is 0 Å². The summed E-state index contributed by atoms with van der Waals surface area (Å²) in [6.45, 7) is 0. The van der Waals surface area contributed by atoms with Gasteiger partial charge in [-0.25, -0.2) is 4.98 Å². The third-order valence-electron chi connectivity index (χ3n) is 1.19. The molecule has 0 aliphatic rings. The summed E-state index contributed by atoms with van der Waals surface area (Å²) in [5.74, 6) is 0. The van der Waals surface area contributed by atoms with Gasteiger partial charge in [-0.1, -0.05) is 16.7 Å². The van der Waals surface area contributed by atoms with Crippen LogP contribution in [0.25, 0.3) is 10.4 Å². The van der Waals surface area contributed by atoms with Crippen molar-refractivity contribution in [3.05, 3.63) is 38.0 Å². The second-order valence-electron chi connectivity index (χ2n) is 1.92. The maximum Gasteiger partial charge on any atom is 0.316 e. The van der Waals surface area contributed by atoms with E-state index < -0.39 is 10.6 Å². The van der Waals surface area contributed by atoms with Crippen LogP contribution >= 0.6 is 11.6 Å². The fraction of sp³-hybridized carbons (Fsp3) is 0. The van der Waals surface area contributed by atoms with Crippen LogP contribution in [-0.2, 0) is 0 Å². The van der Waals surface area contributed by atoms with E-state index in [9.17, 15) is 10.1 Å². The topological polar surface area (TPSA) is 105 Å². The maximum absolute atomic E-state index is 10.4. The van der Waals surface area contributed by atoms with Crippen molar-refractivity contribution >= 4 is 23.0 Å². The molecule has 0 aromatic carbocycles. The van der Waals surface area contributed by atoms with Crippen molar-refractivity contribution in [2.24, 2.45) is 5.11 Å². The largest absolute Gasteiger partial charge is 0.316 e. The SMILES string of the molecule is [N-]=[N+]=Nc1ccnc(Cl)c1[N+](=O)[O-]. The lowest BCUT2D eigenvalue weighted by Gasteiger charge is -1.95. The molecule has 8 heteroatoms. The summed E-state index contributed by atoms with van der Waals surface area (Å²) in [4.78, 5) is 15.6. The molecule has 1 heterocycles. The fourth-order valence-electron chi connectivity index (χ4n) is 0.717. The third-order valence-corrected chi connectivity index (χ3v) is 1.47.